The van der Waals surface area contributed by atoms with Crippen LogP contribution in [0.1, 0.15) is 21.6 Å². The Morgan fingerprint density at radius 1 is 1.07 bits per heavy atom. The van der Waals surface area contributed by atoms with Crippen LogP contribution in [0.3, 0.4) is 0 Å². The Kier molecular flexibility index (Phi) is 5.74. The first-order chi connectivity index (χ1) is 14.6. The number of benzene rings is 1. The number of amides is 1. The Morgan fingerprint density at radius 3 is 2.60 bits per heavy atom. The number of anilines is 3. The summed E-state index contributed by atoms with van der Waals surface area (Å²) in [5.74, 6) is 0.874. The van der Waals surface area contributed by atoms with Gasteiger partial charge in [0, 0.05) is 50.2 Å². The monoisotopic (exact) mass is 403 g/mol. The van der Waals surface area contributed by atoms with E-state index in [4.69, 9.17) is 5.73 Å². The number of carbonyl (C=O) groups excluding carboxylic acids is 1. The molecule has 1 fully saturated rings. The number of hydrogen-bond acceptors (Lipinski definition) is 7. The van der Waals surface area contributed by atoms with Crippen LogP contribution in [0.5, 0.6) is 0 Å². The first-order valence-corrected chi connectivity index (χ1v) is 9.97. The molecule has 154 valence electrons. The third-order valence-corrected chi connectivity index (χ3v) is 5.25. The number of carbonyl (C=O) groups is 1. The largest absolute Gasteiger partial charge is 0.368 e. The number of para-hydroxylation sites is 1. The van der Waals surface area contributed by atoms with Crippen molar-refractivity contribution >= 4 is 23.2 Å². The van der Waals surface area contributed by atoms with Crippen LogP contribution in [0.25, 0.3) is 0 Å². The van der Waals surface area contributed by atoms with Crippen molar-refractivity contribution in [2.75, 3.05) is 41.3 Å². The number of hydrogen-bond donors (Lipinski definition) is 2. The molecular weight excluding hydrogens is 378 g/mol. The van der Waals surface area contributed by atoms with E-state index in [1.165, 1.54) is 17.4 Å². The highest BCUT2D eigenvalue weighted by molar-refractivity contribution is 5.90. The van der Waals surface area contributed by atoms with Crippen molar-refractivity contribution in [2.45, 2.75) is 13.5 Å². The molecule has 0 aliphatic carbocycles. The molecule has 30 heavy (non-hydrogen) atoms. The number of primary amides is 1. The summed E-state index contributed by atoms with van der Waals surface area (Å²) in [6.07, 6.45) is 4.75. The van der Waals surface area contributed by atoms with Crippen molar-refractivity contribution in [3.8, 4) is 0 Å². The molecule has 3 heterocycles. The second kappa shape index (κ2) is 8.77. The number of aromatic nitrogens is 3. The van der Waals surface area contributed by atoms with E-state index in [0.29, 0.717) is 12.4 Å². The van der Waals surface area contributed by atoms with E-state index < -0.39 is 5.91 Å². The van der Waals surface area contributed by atoms with E-state index in [9.17, 15) is 4.79 Å². The number of aryl methyl sites for hydroxylation is 1. The smallest absolute Gasteiger partial charge is 0.268 e. The lowest BCUT2D eigenvalue weighted by molar-refractivity contribution is 0.0995. The summed E-state index contributed by atoms with van der Waals surface area (Å²) >= 11 is 0. The van der Waals surface area contributed by atoms with Crippen LogP contribution in [0.15, 0.2) is 55.0 Å². The summed E-state index contributed by atoms with van der Waals surface area (Å²) < 4.78 is 0. The molecule has 3 N–H and O–H groups in total. The Hall–Kier alpha value is -3.68. The molecule has 8 heteroatoms. The van der Waals surface area contributed by atoms with E-state index in [2.05, 4.69) is 67.3 Å². The third-order valence-electron chi connectivity index (χ3n) is 5.25. The second-order valence-electron chi connectivity index (χ2n) is 7.25. The third kappa shape index (κ3) is 4.32. The van der Waals surface area contributed by atoms with E-state index in [1.807, 2.05) is 12.3 Å². The molecule has 1 saturated heterocycles. The van der Waals surface area contributed by atoms with Crippen molar-refractivity contribution in [1.29, 1.82) is 0 Å². The van der Waals surface area contributed by atoms with Crippen molar-refractivity contribution in [2.24, 2.45) is 5.73 Å². The number of pyridine rings is 1. The molecule has 0 bridgehead atoms. The molecule has 4 rings (SSSR count). The summed E-state index contributed by atoms with van der Waals surface area (Å²) in [6.45, 7) is 6.36. The zero-order valence-corrected chi connectivity index (χ0v) is 17.0. The standard InChI is InChI=1S/C22H25N7O/c1-16-5-2-3-7-19(16)28-9-11-29(12-10-28)22-17(6-4-8-25-22)13-26-20-15-24-14-18(27-20)21(23)30/h2-8,14-15H,9-13H2,1H3,(H2,23,30)(H,26,27). The Morgan fingerprint density at radius 2 is 1.83 bits per heavy atom. The van der Waals surface area contributed by atoms with E-state index in [-0.39, 0.29) is 5.69 Å². The van der Waals surface area contributed by atoms with Gasteiger partial charge in [-0.05, 0) is 24.6 Å². The fraction of sp³-hybridized carbons (Fsp3) is 0.273. The van der Waals surface area contributed by atoms with Gasteiger partial charge in [0.15, 0.2) is 0 Å². The number of nitrogens with two attached hydrogens (primary N) is 1. The summed E-state index contributed by atoms with van der Waals surface area (Å²) in [7, 11) is 0. The van der Waals surface area contributed by atoms with Crippen molar-refractivity contribution in [3.63, 3.8) is 0 Å². The SMILES string of the molecule is Cc1ccccc1N1CCN(c2ncccc2CNc2cncc(C(N)=O)n2)CC1. The van der Waals surface area contributed by atoms with Crippen LogP contribution >= 0.6 is 0 Å². The Balaban J connectivity index is 1.43. The minimum atomic E-state index is -0.597. The van der Waals surface area contributed by atoms with Crippen LogP contribution in [0.4, 0.5) is 17.3 Å². The molecule has 0 saturated carbocycles. The van der Waals surface area contributed by atoms with Gasteiger partial charge in [-0.3, -0.25) is 9.78 Å². The van der Waals surface area contributed by atoms with Crippen molar-refractivity contribution in [1.82, 2.24) is 15.0 Å². The number of rotatable bonds is 6. The van der Waals surface area contributed by atoms with Gasteiger partial charge < -0.3 is 20.9 Å². The maximum atomic E-state index is 11.3. The van der Waals surface area contributed by atoms with Gasteiger partial charge in [0.05, 0.1) is 12.4 Å². The van der Waals surface area contributed by atoms with E-state index in [0.717, 1.165) is 37.6 Å². The zero-order chi connectivity index (χ0) is 20.9. The molecule has 1 aromatic carbocycles. The lowest BCUT2D eigenvalue weighted by atomic mass is 10.1. The van der Waals surface area contributed by atoms with Crippen molar-refractivity contribution in [3.05, 3.63) is 71.8 Å². The quantitative estimate of drug-likeness (QED) is 0.651. The first kappa shape index (κ1) is 19.6. The molecule has 2 aromatic heterocycles. The van der Waals surface area contributed by atoms with E-state index >= 15 is 0 Å². The maximum absolute atomic E-state index is 11.3. The molecule has 8 nitrogen and oxygen atoms in total. The fourth-order valence-corrected chi connectivity index (χ4v) is 3.69. The highest BCUT2D eigenvalue weighted by Gasteiger charge is 2.21. The number of piperazine rings is 1. The fourth-order valence-electron chi connectivity index (χ4n) is 3.69. The van der Waals surface area contributed by atoms with Gasteiger partial charge in [-0.25, -0.2) is 9.97 Å². The summed E-state index contributed by atoms with van der Waals surface area (Å²) in [5, 5.41) is 3.22. The van der Waals surface area contributed by atoms with Gasteiger partial charge in [0.25, 0.3) is 5.91 Å². The summed E-state index contributed by atoms with van der Waals surface area (Å²) in [5.41, 5.74) is 9.08. The van der Waals surface area contributed by atoms with Gasteiger partial charge >= 0.3 is 0 Å². The molecular formula is C22H25N7O. The molecule has 0 radical (unpaired) electrons. The highest BCUT2D eigenvalue weighted by Crippen LogP contribution is 2.24. The van der Waals surface area contributed by atoms with Crippen molar-refractivity contribution < 1.29 is 4.79 Å². The van der Waals surface area contributed by atoms with Gasteiger partial charge in [0.2, 0.25) is 0 Å². The molecule has 0 spiro atoms. The van der Waals surface area contributed by atoms with Crippen LogP contribution < -0.4 is 20.9 Å². The summed E-state index contributed by atoms with van der Waals surface area (Å²) in [4.78, 5) is 28.9. The minimum absolute atomic E-state index is 0.138. The van der Waals surface area contributed by atoms with Gasteiger partial charge in [-0.15, -0.1) is 0 Å². The average molecular weight is 403 g/mol. The molecule has 0 atom stereocenters. The van der Waals surface area contributed by atoms with Crippen LogP contribution in [-0.4, -0.2) is 47.0 Å². The predicted molar refractivity (Wildman–Crippen MR) is 118 cm³/mol. The average Bonchev–Trinajstić information content (AvgIpc) is 2.79. The lowest BCUT2D eigenvalue weighted by Gasteiger charge is -2.38. The topological polar surface area (TPSA) is 100 Å². The normalized spacial score (nSPS) is 13.9. The molecule has 1 aliphatic rings. The molecule has 0 unspecified atom stereocenters. The van der Waals surface area contributed by atoms with E-state index in [1.54, 1.807) is 6.20 Å². The molecule has 1 amide bonds. The van der Waals surface area contributed by atoms with Crippen LogP contribution in [-0.2, 0) is 6.54 Å². The molecule has 3 aromatic rings. The van der Waals surface area contributed by atoms with Gasteiger partial charge in [-0.1, -0.05) is 24.3 Å². The van der Waals surface area contributed by atoms with Gasteiger partial charge in [-0.2, -0.15) is 0 Å². The summed E-state index contributed by atoms with van der Waals surface area (Å²) in [6, 6.07) is 12.5. The number of nitrogens with one attached hydrogen (secondary N) is 1. The second-order valence-corrected chi connectivity index (χ2v) is 7.25. The Labute approximate surface area is 175 Å². The van der Waals surface area contributed by atoms with Gasteiger partial charge in [0.1, 0.15) is 17.3 Å². The molecule has 1 aliphatic heterocycles. The predicted octanol–water partition coefficient (Wildman–Crippen LogP) is 2.22. The zero-order valence-electron chi connectivity index (χ0n) is 17.0. The highest BCUT2D eigenvalue weighted by atomic mass is 16.1. The maximum Gasteiger partial charge on any atom is 0.268 e. The number of nitrogens with zero attached hydrogens (tertiary/aromatic N) is 5. The first-order valence-electron chi connectivity index (χ1n) is 9.97. The van der Waals surface area contributed by atoms with Crippen LogP contribution in [0.2, 0.25) is 0 Å². The Bertz CT molecular complexity index is 1030. The lowest BCUT2D eigenvalue weighted by Crippen LogP contribution is -2.47. The minimum Gasteiger partial charge on any atom is -0.368 e. The van der Waals surface area contributed by atoms with Crippen LogP contribution in [0, 0.1) is 6.92 Å².